The summed E-state index contributed by atoms with van der Waals surface area (Å²) in [6.45, 7) is 13.1. The Kier molecular flexibility index (Phi) is 15.7. The number of ether oxygens (including phenoxy) is 1. The van der Waals surface area contributed by atoms with Gasteiger partial charge in [0, 0.05) is 12.2 Å². The van der Waals surface area contributed by atoms with E-state index in [2.05, 4.69) is 54.8 Å². The topological polar surface area (TPSA) is 113 Å². The zero-order valence-electron chi connectivity index (χ0n) is 23.6. The minimum atomic E-state index is 0.0944. The van der Waals surface area contributed by atoms with Crippen LogP contribution in [0.25, 0.3) is 0 Å². The molecule has 9 heteroatoms. The highest BCUT2D eigenvalue weighted by molar-refractivity contribution is 6.02. The third kappa shape index (κ3) is 11.7. The van der Waals surface area contributed by atoms with Crippen molar-refractivity contribution in [1.82, 2.24) is 10.2 Å². The monoisotopic (exact) mass is 532 g/mol. The van der Waals surface area contributed by atoms with E-state index < -0.39 is 0 Å². The summed E-state index contributed by atoms with van der Waals surface area (Å²) < 4.78 is 5.82. The summed E-state index contributed by atoms with van der Waals surface area (Å²) in [6.07, 6.45) is 4.26. The normalized spacial score (nSPS) is 15.0. The van der Waals surface area contributed by atoms with Crippen molar-refractivity contribution < 1.29 is 9.53 Å². The Hall–Kier alpha value is -4.42. The fraction of sp³-hybridized carbons (Fsp3) is 0.333. The molecule has 0 amide bonds. The molecule has 1 heterocycles. The van der Waals surface area contributed by atoms with Gasteiger partial charge in [-0.2, -0.15) is 5.01 Å². The number of likely N-dealkylation sites (tertiary alicyclic amines) is 1. The maximum absolute atomic E-state index is 11.9. The largest absolute Gasteiger partial charge is 0.457 e. The molecule has 1 unspecified atom stereocenters. The van der Waals surface area contributed by atoms with Gasteiger partial charge in [0.05, 0.1) is 17.0 Å². The quantitative estimate of drug-likeness (QED) is 0.113. The summed E-state index contributed by atoms with van der Waals surface area (Å²) in [7, 11) is 2.05. The molecule has 0 saturated carbocycles. The van der Waals surface area contributed by atoms with Crippen LogP contribution in [0.15, 0.2) is 89.0 Å². The first-order chi connectivity index (χ1) is 18.8. The molecule has 1 aliphatic heterocycles. The molecule has 3 rings (SSSR count). The van der Waals surface area contributed by atoms with E-state index in [-0.39, 0.29) is 6.04 Å². The summed E-state index contributed by atoms with van der Waals surface area (Å²) in [5.74, 6) is 6.41. The van der Waals surface area contributed by atoms with Crippen LogP contribution in [0.3, 0.4) is 0 Å². The van der Waals surface area contributed by atoms with Crippen LogP contribution in [0.4, 0.5) is 5.69 Å². The zero-order valence-corrected chi connectivity index (χ0v) is 23.6. The number of nitrogens with one attached hydrogen (secondary N) is 1. The molecule has 2 aromatic rings. The Labute approximate surface area is 232 Å². The number of nitroso groups, excluding NO2 is 1. The van der Waals surface area contributed by atoms with Gasteiger partial charge in [0.2, 0.25) is 0 Å². The number of carbonyl (C=O) groups is 1. The van der Waals surface area contributed by atoms with Crippen molar-refractivity contribution in [2.45, 2.75) is 46.6 Å². The Morgan fingerprint density at radius 1 is 1.21 bits per heavy atom. The van der Waals surface area contributed by atoms with Crippen molar-refractivity contribution in [1.29, 1.82) is 0 Å². The summed E-state index contributed by atoms with van der Waals surface area (Å²) in [4.78, 5) is 28.1. The van der Waals surface area contributed by atoms with E-state index in [0.29, 0.717) is 35.0 Å². The van der Waals surface area contributed by atoms with E-state index in [0.717, 1.165) is 25.3 Å². The second-order valence-corrected chi connectivity index (χ2v) is 8.58. The number of rotatable bonds is 8. The Morgan fingerprint density at radius 2 is 1.82 bits per heavy atom. The lowest BCUT2D eigenvalue weighted by Gasteiger charge is -2.23. The van der Waals surface area contributed by atoms with Crippen LogP contribution in [0, 0.1) is 16.7 Å². The molecule has 1 aliphatic rings. The fourth-order valence-electron chi connectivity index (χ4n) is 3.47. The standard InChI is InChI=1S/C23H28N6O2.C4H4O.C3H8/c1-4-25-23(26-18-14-15-28(3)16-18)22(17(2)24)29(27-30)19-10-12-21(13-11-19)31-20-8-6-5-7-9-20;1-2-3-4-5;1-3-2/h4-13,18H,1,14-16,24H2,2-3H3,(H,25,26);4H,1H3;3H2,1-2H3/b22-17-;;. The van der Waals surface area contributed by atoms with Crippen molar-refractivity contribution in [2.75, 3.05) is 25.1 Å². The molecule has 1 atom stereocenters. The average Bonchev–Trinajstić information content (AvgIpc) is 3.33. The number of amidine groups is 1. The first-order valence-corrected chi connectivity index (χ1v) is 12.8. The molecule has 9 nitrogen and oxygen atoms in total. The molecule has 0 aromatic heterocycles. The van der Waals surface area contributed by atoms with Gasteiger partial charge < -0.3 is 20.7 Å². The van der Waals surface area contributed by atoms with Crippen molar-refractivity contribution in [2.24, 2.45) is 16.0 Å². The lowest BCUT2D eigenvalue weighted by molar-refractivity contribution is -0.103. The van der Waals surface area contributed by atoms with Gasteiger partial charge in [-0.05, 0) is 82.4 Å². The van der Waals surface area contributed by atoms with Crippen LogP contribution in [-0.2, 0) is 4.79 Å². The van der Waals surface area contributed by atoms with Crippen molar-refractivity contribution >= 4 is 17.8 Å². The summed E-state index contributed by atoms with van der Waals surface area (Å²) >= 11 is 0. The Bertz CT molecular complexity index is 1150. The molecule has 0 aliphatic carbocycles. The molecular formula is C30H40N6O3. The number of anilines is 1. The number of nitrogens with zero attached hydrogens (tertiary/aromatic N) is 4. The number of hydrogen-bond donors (Lipinski definition) is 2. The molecular weight excluding hydrogens is 492 g/mol. The highest BCUT2D eigenvalue weighted by Crippen LogP contribution is 2.27. The first kappa shape index (κ1) is 32.6. The number of likely N-dealkylation sites (N-methyl/N-ethyl adjacent to an activating group) is 1. The van der Waals surface area contributed by atoms with Crippen LogP contribution in [0.2, 0.25) is 0 Å². The lowest BCUT2D eigenvalue weighted by Crippen LogP contribution is -2.33. The van der Waals surface area contributed by atoms with Crippen LogP contribution in [0.1, 0.15) is 40.5 Å². The van der Waals surface area contributed by atoms with E-state index in [1.165, 1.54) is 17.6 Å². The molecule has 1 saturated heterocycles. The number of aliphatic imine (C=N–C) groups is 1. The molecule has 0 radical (unpaired) electrons. The van der Waals surface area contributed by atoms with E-state index in [1.807, 2.05) is 30.3 Å². The molecule has 0 bridgehead atoms. The smallest absolute Gasteiger partial charge is 0.192 e. The third-order valence-electron chi connectivity index (χ3n) is 5.07. The van der Waals surface area contributed by atoms with E-state index in [9.17, 15) is 9.70 Å². The minimum Gasteiger partial charge on any atom is -0.457 e. The van der Waals surface area contributed by atoms with E-state index >= 15 is 0 Å². The van der Waals surface area contributed by atoms with Gasteiger partial charge in [0.1, 0.15) is 17.2 Å². The highest BCUT2D eigenvalue weighted by Gasteiger charge is 2.24. The third-order valence-corrected chi connectivity index (χ3v) is 5.07. The second kappa shape index (κ2) is 18.8. The summed E-state index contributed by atoms with van der Waals surface area (Å²) in [5, 5.41) is 7.48. The Balaban J connectivity index is 0.000000838. The van der Waals surface area contributed by atoms with E-state index in [4.69, 9.17) is 15.5 Å². The van der Waals surface area contributed by atoms with Gasteiger partial charge in [0.15, 0.2) is 12.1 Å². The van der Waals surface area contributed by atoms with Crippen LogP contribution in [0.5, 0.6) is 11.5 Å². The van der Waals surface area contributed by atoms with E-state index in [1.54, 1.807) is 38.1 Å². The molecule has 3 N–H and O–H groups in total. The Morgan fingerprint density at radius 3 is 2.26 bits per heavy atom. The van der Waals surface area contributed by atoms with Crippen LogP contribution >= 0.6 is 0 Å². The van der Waals surface area contributed by atoms with Crippen LogP contribution < -0.4 is 20.8 Å². The molecule has 39 heavy (non-hydrogen) atoms. The van der Waals surface area contributed by atoms with Crippen molar-refractivity contribution in [3.63, 3.8) is 0 Å². The minimum absolute atomic E-state index is 0.0944. The average molecular weight is 533 g/mol. The van der Waals surface area contributed by atoms with Gasteiger partial charge >= 0.3 is 0 Å². The van der Waals surface area contributed by atoms with Gasteiger partial charge in [-0.1, -0.05) is 51.0 Å². The number of aldehydes is 1. The zero-order chi connectivity index (χ0) is 29.0. The maximum atomic E-state index is 11.9. The highest BCUT2D eigenvalue weighted by atomic mass is 16.5. The van der Waals surface area contributed by atoms with Crippen molar-refractivity contribution in [3.8, 4) is 23.3 Å². The molecule has 0 spiro atoms. The SMILES string of the molecule is C=CNC(=NC1CCN(C)C1)/C(=C(\C)N)N(N=O)c1ccc(Oc2ccccc2)cc1.CC#CC=O.CCC. The maximum Gasteiger partial charge on any atom is 0.192 e. The second-order valence-electron chi connectivity index (χ2n) is 8.58. The van der Waals surface area contributed by atoms with Gasteiger partial charge in [-0.25, -0.2) is 0 Å². The van der Waals surface area contributed by atoms with Crippen molar-refractivity contribution in [3.05, 3.63) is 83.7 Å². The summed E-state index contributed by atoms with van der Waals surface area (Å²) in [6, 6.07) is 16.6. The fourth-order valence-corrected chi connectivity index (χ4v) is 3.47. The van der Waals surface area contributed by atoms with Gasteiger partial charge in [-0.15, -0.1) is 4.91 Å². The number of benzene rings is 2. The first-order valence-electron chi connectivity index (χ1n) is 12.8. The number of nitrogens with two attached hydrogens (primary N) is 1. The van der Waals surface area contributed by atoms with Gasteiger partial charge in [-0.3, -0.25) is 9.79 Å². The molecule has 1 fully saturated rings. The molecule has 2 aromatic carbocycles. The number of hydrogen-bond acceptors (Lipinski definition) is 7. The lowest BCUT2D eigenvalue weighted by atomic mass is 10.2. The number of allylic oxidation sites excluding steroid dienone is 1. The predicted octanol–water partition coefficient (Wildman–Crippen LogP) is 5.62. The summed E-state index contributed by atoms with van der Waals surface area (Å²) in [5.41, 5.74) is 7.50. The molecule has 208 valence electrons. The predicted molar refractivity (Wildman–Crippen MR) is 160 cm³/mol. The van der Waals surface area contributed by atoms with Gasteiger partial charge in [0.25, 0.3) is 0 Å². The number of para-hydroxylation sites is 1. The van der Waals surface area contributed by atoms with Crippen LogP contribution in [-0.4, -0.2) is 43.2 Å². The number of carbonyl (C=O) groups excluding carboxylic acids is 1.